The summed E-state index contributed by atoms with van der Waals surface area (Å²) in [5.41, 5.74) is 5.16. The number of rotatable bonds is 2. The van der Waals surface area contributed by atoms with Crippen molar-refractivity contribution in [3.8, 4) is 0 Å². The number of nitrogen functional groups attached to an aromatic ring is 1. The Bertz CT molecular complexity index is 337. The van der Waals surface area contributed by atoms with Gasteiger partial charge in [-0.2, -0.15) is 0 Å². The van der Waals surface area contributed by atoms with Crippen LogP contribution in [0, 0.1) is 0 Å². The van der Waals surface area contributed by atoms with Crippen molar-refractivity contribution >= 4 is 17.6 Å². The fraction of sp³-hybridized carbons (Fsp3) is 0.286. The number of anilines is 2. The number of nitrogens with zero attached hydrogens (tertiary/aromatic N) is 3. The molecule has 70 valence electrons. The standard InChI is InChI=1S/C7H10N4O2/c1-11(2)4-3-9-5(7(12)13)6(8)10-4/h3H,1-2H3,(H2,8,10)(H,12,13). The maximum Gasteiger partial charge on any atom is 0.358 e. The van der Waals surface area contributed by atoms with Crippen LogP contribution >= 0.6 is 0 Å². The number of carboxylic acid groups (broad SMARTS) is 1. The fourth-order valence-corrected chi connectivity index (χ4v) is 0.774. The molecule has 0 aliphatic heterocycles. The van der Waals surface area contributed by atoms with E-state index < -0.39 is 5.97 Å². The van der Waals surface area contributed by atoms with Gasteiger partial charge in [0, 0.05) is 14.1 Å². The first-order valence-corrected chi connectivity index (χ1v) is 3.55. The molecule has 0 radical (unpaired) electrons. The Balaban J connectivity index is 3.13. The third-order valence-corrected chi connectivity index (χ3v) is 1.45. The van der Waals surface area contributed by atoms with Crippen molar-refractivity contribution in [3.05, 3.63) is 11.9 Å². The van der Waals surface area contributed by atoms with Crippen molar-refractivity contribution in [1.82, 2.24) is 9.97 Å². The Morgan fingerprint density at radius 3 is 2.62 bits per heavy atom. The molecule has 0 saturated carbocycles. The minimum atomic E-state index is -1.17. The summed E-state index contributed by atoms with van der Waals surface area (Å²) < 4.78 is 0. The highest BCUT2D eigenvalue weighted by atomic mass is 16.4. The number of hydrogen-bond donors (Lipinski definition) is 2. The number of carbonyl (C=O) groups is 1. The molecule has 3 N–H and O–H groups in total. The van der Waals surface area contributed by atoms with Crippen molar-refractivity contribution in [1.29, 1.82) is 0 Å². The molecular formula is C7H10N4O2. The Labute approximate surface area is 75.0 Å². The topological polar surface area (TPSA) is 92.3 Å². The van der Waals surface area contributed by atoms with Gasteiger partial charge in [-0.05, 0) is 0 Å². The van der Waals surface area contributed by atoms with Crippen LogP contribution in [0.25, 0.3) is 0 Å². The lowest BCUT2D eigenvalue weighted by Gasteiger charge is -2.10. The number of hydrogen-bond acceptors (Lipinski definition) is 5. The second-order valence-corrected chi connectivity index (χ2v) is 2.66. The van der Waals surface area contributed by atoms with Gasteiger partial charge in [-0.1, -0.05) is 0 Å². The first kappa shape index (κ1) is 9.24. The van der Waals surface area contributed by atoms with Gasteiger partial charge in [-0.15, -0.1) is 0 Å². The zero-order valence-electron chi connectivity index (χ0n) is 7.35. The first-order chi connectivity index (χ1) is 6.02. The van der Waals surface area contributed by atoms with Crippen LogP contribution < -0.4 is 10.6 Å². The smallest absolute Gasteiger partial charge is 0.358 e. The second kappa shape index (κ2) is 3.26. The molecule has 13 heavy (non-hydrogen) atoms. The molecule has 1 aromatic heterocycles. The van der Waals surface area contributed by atoms with E-state index in [9.17, 15) is 4.79 Å². The predicted octanol–water partition coefficient (Wildman–Crippen LogP) is -0.177. The molecular weight excluding hydrogens is 172 g/mol. The van der Waals surface area contributed by atoms with E-state index >= 15 is 0 Å². The summed E-state index contributed by atoms with van der Waals surface area (Å²) in [4.78, 5) is 19.7. The lowest BCUT2D eigenvalue weighted by molar-refractivity contribution is 0.0691. The molecule has 0 spiro atoms. The van der Waals surface area contributed by atoms with Gasteiger partial charge in [0.2, 0.25) is 0 Å². The van der Waals surface area contributed by atoms with Crippen LogP contribution in [-0.2, 0) is 0 Å². The first-order valence-electron chi connectivity index (χ1n) is 3.55. The van der Waals surface area contributed by atoms with Crippen LogP contribution in [0.5, 0.6) is 0 Å². The Morgan fingerprint density at radius 1 is 1.62 bits per heavy atom. The lowest BCUT2D eigenvalue weighted by atomic mass is 10.4. The van der Waals surface area contributed by atoms with Gasteiger partial charge in [-0.3, -0.25) is 0 Å². The monoisotopic (exact) mass is 182 g/mol. The van der Waals surface area contributed by atoms with Crippen LogP contribution in [0.4, 0.5) is 11.6 Å². The SMILES string of the molecule is CN(C)c1cnc(C(=O)O)c(N)n1. The van der Waals surface area contributed by atoms with E-state index in [1.54, 1.807) is 19.0 Å². The molecule has 0 fully saturated rings. The number of aromatic nitrogens is 2. The molecule has 0 unspecified atom stereocenters. The van der Waals surface area contributed by atoms with Crippen molar-refractivity contribution in [3.63, 3.8) is 0 Å². The van der Waals surface area contributed by atoms with Crippen molar-refractivity contribution < 1.29 is 9.90 Å². The lowest BCUT2D eigenvalue weighted by Crippen LogP contribution is -2.15. The van der Waals surface area contributed by atoms with Gasteiger partial charge in [0.05, 0.1) is 6.20 Å². The van der Waals surface area contributed by atoms with Gasteiger partial charge < -0.3 is 15.7 Å². The van der Waals surface area contributed by atoms with Crippen LogP contribution in [0.3, 0.4) is 0 Å². The summed E-state index contributed by atoms with van der Waals surface area (Å²) in [6.45, 7) is 0. The molecule has 0 amide bonds. The minimum Gasteiger partial charge on any atom is -0.476 e. The third kappa shape index (κ3) is 1.84. The van der Waals surface area contributed by atoms with Crippen molar-refractivity contribution in [2.45, 2.75) is 0 Å². The molecule has 0 bridgehead atoms. The van der Waals surface area contributed by atoms with E-state index in [4.69, 9.17) is 10.8 Å². The average Bonchev–Trinajstić information content (AvgIpc) is 2.03. The molecule has 0 saturated heterocycles. The second-order valence-electron chi connectivity index (χ2n) is 2.66. The quantitative estimate of drug-likeness (QED) is 0.659. The molecule has 6 heteroatoms. The molecule has 0 aliphatic rings. The van der Waals surface area contributed by atoms with Gasteiger partial charge in [-0.25, -0.2) is 14.8 Å². The number of carboxylic acids is 1. The summed E-state index contributed by atoms with van der Waals surface area (Å²) in [5.74, 6) is -0.712. The number of nitrogens with two attached hydrogens (primary N) is 1. The highest BCUT2D eigenvalue weighted by Gasteiger charge is 2.11. The molecule has 1 heterocycles. The van der Waals surface area contributed by atoms with E-state index in [-0.39, 0.29) is 11.5 Å². The van der Waals surface area contributed by atoms with Crippen molar-refractivity contribution in [2.24, 2.45) is 0 Å². The molecule has 6 nitrogen and oxygen atoms in total. The van der Waals surface area contributed by atoms with Crippen LogP contribution in [0.2, 0.25) is 0 Å². The average molecular weight is 182 g/mol. The summed E-state index contributed by atoms with van der Waals surface area (Å²) in [6, 6.07) is 0. The Morgan fingerprint density at radius 2 is 2.23 bits per heavy atom. The van der Waals surface area contributed by atoms with Gasteiger partial charge in [0.15, 0.2) is 11.5 Å². The molecule has 0 aliphatic carbocycles. The number of aromatic carboxylic acids is 1. The largest absolute Gasteiger partial charge is 0.476 e. The van der Waals surface area contributed by atoms with E-state index in [0.717, 1.165) is 0 Å². The van der Waals surface area contributed by atoms with Crippen LogP contribution in [0.15, 0.2) is 6.20 Å². The fourth-order valence-electron chi connectivity index (χ4n) is 0.774. The summed E-state index contributed by atoms with van der Waals surface area (Å²) in [7, 11) is 3.54. The van der Waals surface area contributed by atoms with Gasteiger partial charge >= 0.3 is 5.97 Å². The highest BCUT2D eigenvalue weighted by Crippen LogP contribution is 2.11. The third-order valence-electron chi connectivity index (χ3n) is 1.45. The minimum absolute atomic E-state index is 0.0706. The zero-order chi connectivity index (χ0) is 10.0. The van der Waals surface area contributed by atoms with E-state index in [1.807, 2.05) is 0 Å². The molecule has 1 rings (SSSR count). The van der Waals surface area contributed by atoms with Crippen LogP contribution in [-0.4, -0.2) is 35.1 Å². The maximum absolute atomic E-state index is 10.5. The molecule has 0 aromatic carbocycles. The highest BCUT2D eigenvalue weighted by molar-refractivity contribution is 5.90. The summed E-state index contributed by atoms with van der Waals surface area (Å²) >= 11 is 0. The van der Waals surface area contributed by atoms with E-state index in [1.165, 1.54) is 6.20 Å². The van der Waals surface area contributed by atoms with E-state index in [0.29, 0.717) is 5.82 Å². The van der Waals surface area contributed by atoms with E-state index in [2.05, 4.69) is 9.97 Å². The van der Waals surface area contributed by atoms with Crippen molar-refractivity contribution in [2.75, 3.05) is 24.7 Å². The zero-order valence-corrected chi connectivity index (χ0v) is 7.35. The molecule has 1 aromatic rings. The normalized spacial score (nSPS) is 9.69. The van der Waals surface area contributed by atoms with Crippen LogP contribution in [0.1, 0.15) is 10.5 Å². The Kier molecular flexibility index (Phi) is 2.32. The summed E-state index contributed by atoms with van der Waals surface area (Å²) in [6.07, 6.45) is 1.36. The predicted molar refractivity (Wildman–Crippen MR) is 47.7 cm³/mol. The Hall–Kier alpha value is -1.85. The maximum atomic E-state index is 10.5. The summed E-state index contributed by atoms with van der Waals surface area (Å²) in [5, 5.41) is 8.60. The molecule has 0 atom stereocenters. The van der Waals surface area contributed by atoms with Gasteiger partial charge in [0.25, 0.3) is 0 Å². The van der Waals surface area contributed by atoms with Gasteiger partial charge in [0.1, 0.15) is 5.82 Å².